The molecule has 0 radical (unpaired) electrons. The molecule has 0 unspecified atom stereocenters. The van der Waals surface area contributed by atoms with E-state index in [0.29, 0.717) is 5.82 Å². The van der Waals surface area contributed by atoms with Crippen LogP contribution in [0.3, 0.4) is 0 Å². The van der Waals surface area contributed by atoms with Crippen molar-refractivity contribution in [2.45, 2.75) is 18.4 Å². The van der Waals surface area contributed by atoms with Gasteiger partial charge in [0, 0.05) is 36.7 Å². The molecule has 106 valence electrons. The highest BCUT2D eigenvalue weighted by Gasteiger charge is 2.45. The van der Waals surface area contributed by atoms with Crippen LogP contribution >= 0.6 is 11.3 Å². The number of aromatic nitrogens is 5. The Bertz CT molecular complexity index is 718. The Labute approximate surface area is 125 Å². The first-order chi connectivity index (χ1) is 10.4. The molecule has 1 aliphatic rings. The van der Waals surface area contributed by atoms with E-state index < -0.39 is 0 Å². The summed E-state index contributed by atoms with van der Waals surface area (Å²) in [5, 5.41) is 10.5. The molecule has 1 N–H and O–H groups in total. The first-order valence-corrected chi connectivity index (χ1v) is 7.71. The molecule has 3 heterocycles. The summed E-state index contributed by atoms with van der Waals surface area (Å²) >= 11 is 1.54. The summed E-state index contributed by atoms with van der Waals surface area (Å²) in [5.41, 5.74) is 0.107. The Morgan fingerprint density at radius 1 is 1.24 bits per heavy atom. The van der Waals surface area contributed by atoms with E-state index >= 15 is 0 Å². The highest BCUT2D eigenvalue weighted by molar-refractivity contribution is 7.12. The Morgan fingerprint density at radius 3 is 2.90 bits per heavy atom. The van der Waals surface area contributed by atoms with E-state index in [9.17, 15) is 0 Å². The summed E-state index contributed by atoms with van der Waals surface area (Å²) in [6.45, 7) is 0.822. The molecule has 4 rings (SSSR count). The van der Waals surface area contributed by atoms with Crippen LogP contribution in [0.4, 0.5) is 5.82 Å². The Kier molecular flexibility index (Phi) is 2.92. The van der Waals surface area contributed by atoms with E-state index in [2.05, 4.69) is 25.4 Å². The van der Waals surface area contributed by atoms with E-state index in [1.54, 1.807) is 23.7 Å². The molecule has 0 bridgehead atoms. The van der Waals surface area contributed by atoms with Gasteiger partial charge in [-0.1, -0.05) is 0 Å². The highest BCUT2D eigenvalue weighted by atomic mass is 32.1. The zero-order valence-electron chi connectivity index (χ0n) is 11.3. The summed E-state index contributed by atoms with van der Waals surface area (Å²) in [6.07, 6.45) is 9.67. The van der Waals surface area contributed by atoms with Crippen LogP contribution < -0.4 is 5.32 Å². The van der Waals surface area contributed by atoms with Crippen LogP contribution in [0.2, 0.25) is 0 Å². The monoisotopic (exact) mass is 298 g/mol. The fourth-order valence-corrected chi connectivity index (χ4v) is 2.91. The average Bonchev–Trinajstić information content (AvgIpc) is 2.99. The normalized spacial score (nSPS) is 15.8. The number of nitrogens with one attached hydrogen (secondary N) is 1. The predicted octanol–water partition coefficient (Wildman–Crippen LogP) is 2.40. The van der Waals surface area contributed by atoms with Gasteiger partial charge in [-0.05, 0) is 25.0 Å². The Balaban J connectivity index is 1.50. The molecular weight excluding hydrogens is 284 g/mol. The first-order valence-electron chi connectivity index (χ1n) is 6.83. The molecular formula is C14H14N6S. The van der Waals surface area contributed by atoms with Crippen molar-refractivity contribution in [2.24, 2.45) is 0 Å². The molecule has 3 aromatic rings. The molecule has 1 fully saturated rings. The van der Waals surface area contributed by atoms with E-state index in [-0.39, 0.29) is 5.54 Å². The van der Waals surface area contributed by atoms with Crippen LogP contribution in [-0.2, 0) is 5.54 Å². The molecule has 3 aromatic heterocycles. The minimum atomic E-state index is 0.107. The third-order valence-corrected chi connectivity index (χ3v) is 4.46. The standard InChI is InChI=1S/C14H14N6S/c1-5-18-20(8-1)14(3-4-14)10-17-11-2-6-15-12(19-11)13-16-7-9-21-13/h1-2,5-9H,3-4,10H2,(H,15,17,19). The topological polar surface area (TPSA) is 68.5 Å². The van der Waals surface area contributed by atoms with Crippen LogP contribution in [0.15, 0.2) is 42.3 Å². The van der Waals surface area contributed by atoms with Gasteiger partial charge in [0.15, 0.2) is 10.8 Å². The van der Waals surface area contributed by atoms with Crippen molar-refractivity contribution >= 4 is 17.2 Å². The molecule has 0 saturated heterocycles. The van der Waals surface area contributed by atoms with Crippen molar-refractivity contribution in [2.75, 3.05) is 11.9 Å². The van der Waals surface area contributed by atoms with E-state index in [1.165, 1.54) is 0 Å². The lowest BCUT2D eigenvalue weighted by Gasteiger charge is -2.17. The summed E-state index contributed by atoms with van der Waals surface area (Å²) < 4.78 is 2.04. The lowest BCUT2D eigenvalue weighted by Crippen LogP contribution is -2.27. The van der Waals surface area contributed by atoms with Gasteiger partial charge in [0.2, 0.25) is 0 Å². The lowest BCUT2D eigenvalue weighted by molar-refractivity contribution is 0.453. The van der Waals surface area contributed by atoms with E-state index in [0.717, 1.165) is 30.2 Å². The second-order valence-corrected chi connectivity index (χ2v) is 6.03. The van der Waals surface area contributed by atoms with Crippen molar-refractivity contribution in [3.05, 3.63) is 42.3 Å². The molecule has 1 aliphatic carbocycles. The molecule has 6 nitrogen and oxygen atoms in total. The zero-order chi connectivity index (χ0) is 14.1. The SMILES string of the molecule is c1cnn(C2(CNc3ccnc(-c4nccs4)n3)CC2)c1. The quantitative estimate of drug-likeness (QED) is 0.783. The number of hydrogen-bond donors (Lipinski definition) is 1. The fourth-order valence-electron chi connectivity index (χ4n) is 2.33. The van der Waals surface area contributed by atoms with Crippen molar-refractivity contribution in [1.82, 2.24) is 24.7 Å². The Morgan fingerprint density at radius 2 is 2.19 bits per heavy atom. The number of thiazole rings is 1. The first kappa shape index (κ1) is 12.5. The summed E-state index contributed by atoms with van der Waals surface area (Å²) in [7, 11) is 0. The smallest absolute Gasteiger partial charge is 0.190 e. The van der Waals surface area contributed by atoms with Crippen LogP contribution in [0.5, 0.6) is 0 Å². The van der Waals surface area contributed by atoms with Crippen molar-refractivity contribution in [3.63, 3.8) is 0 Å². The van der Waals surface area contributed by atoms with Crippen molar-refractivity contribution in [3.8, 4) is 10.8 Å². The maximum Gasteiger partial charge on any atom is 0.190 e. The van der Waals surface area contributed by atoms with Crippen molar-refractivity contribution in [1.29, 1.82) is 0 Å². The molecule has 7 heteroatoms. The van der Waals surface area contributed by atoms with Gasteiger partial charge in [0.25, 0.3) is 0 Å². The molecule has 0 amide bonds. The third kappa shape index (κ3) is 2.40. The average molecular weight is 298 g/mol. The minimum absolute atomic E-state index is 0.107. The van der Waals surface area contributed by atoms with Crippen LogP contribution in [0, 0.1) is 0 Å². The maximum atomic E-state index is 4.52. The maximum absolute atomic E-state index is 4.52. The van der Waals surface area contributed by atoms with Gasteiger partial charge in [0.1, 0.15) is 5.82 Å². The second-order valence-electron chi connectivity index (χ2n) is 5.13. The number of rotatable bonds is 5. The van der Waals surface area contributed by atoms with E-state index in [1.807, 2.05) is 34.6 Å². The summed E-state index contributed by atoms with van der Waals surface area (Å²) in [6, 6.07) is 3.85. The van der Waals surface area contributed by atoms with Gasteiger partial charge in [-0.15, -0.1) is 11.3 Å². The molecule has 1 saturated carbocycles. The summed E-state index contributed by atoms with van der Waals surface area (Å²) in [4.78, 5) is 13.0. The lowest BCUT2D eigenvalue weighted by atomic mass is 10.3. The molecule has 0 spiro atoms. The van der Waals surface area contributed by atoms with Gasteiger partial charge < -0.3 is 5.32 Å². The zero-order valence-corrected chi connectivity index (χ0v) is 12.1. The molecule has 0 aliphatic heterocycles. The van der Waals surface area contributed by atoms with Crippen LogP contribution in [-0.4, -0.2) is 31.3 Å². The van der Waals surface area contributed by atoms with Gasteiger partial charge in [-0.3, -0.25) is 4.68 Å². The van der Waals surface area contributed by atoms with Crippen LogP contribution in [0.1, 0.15) is 12.8 Å². The second kappa shape index (κ2) is 4.92. The number of anilines is 1. The highest BCUT2D eigenvalue weighted by Crippen LogP contribution is 2.42. The molecule has 0 aromatic carbocycles. The van der Waals surface area contributed by atoms with Crippen LogP contribution in [0.25, 0.3) is 10.8 Å². The molecule has 0 atom stereocenters. The third-order valence-electron chi connectivity index (χ3n) is 3.70. The Hall–Kier alpha value is -2.28. The molecule has 21 heavy (non-hydrogen) atoms. The van der Waals surface area contributed by atoms with Gasteiger partial charge in [-0.25, -0.2) is 15.0 Å². The largest absolute Gasteiger partial charge is 0.368 e. The number of nitrogens with zero attached hydrogens (tertiary/aromatic N) is 5. The van der Waals surface area contributed by atoms with Gasteiger partial charge in [-0.2, -0.15) is 5.10 Å². The van der Waals surface area contributed by atoms with E-state index in [4.69, 9.17) is 0 Å². The van der Waals surface area contributed by atoms with Crippen molar-refractivity contribution < 1.29 is 0 Å². The van der Waals surface area contributed by atoms with Gasteiger partial charge in [0.05, 0.1) is 5.54 Å². The predicted molar refractivity (Wildman–Crippen MR) is 81.1 cm³/mol. The number of hydrogen-bond acceptors (Lipinski definition) is 6. The fraction of sp³-hybridized carbons (Fsp3) is 0.286. The van der Waals surface area contributed by atoms with Gasteiger partial charge >= 0.3 is 0 Å². The summed E-state index contributed by atoms with van der Waals surface area (Å²) in [5.74, 6) is 1.49. The minimum Gasteiger partial charge on any atom is -0.368 e.